The molecular weight excluding hydrogens is 622 g/mol. The molecule has 0 aliphatic carbocycles. The van der Waals surface area contributed by atoms with Gasteiger partial charge in [-0.15, -0.1) is 11.3 Å². The van der Waals surface area contributed by atoms with Crippen molar-refractivity contribution in [1.29, 1.82) is 0 Å². The number of aliphatic hydroxyl groups excluding tert-OH is 1. The van der Waals surface area contributed by atoms with E-state index in [2.05, 4.69) is 27.4 Å². The molecule has 3 amide bonds. The summed E-state index contributed by atoms with van der Waals surface area (Å²) in [7, 11) is 1.96. The van der Waals surface area contributed by atoms with Crippen molar-refractivity contribution in [3.8, 4) is 0 Å². The van der Waals surface area contributed by atoms with Crippen LogP contribution in [0.1, 0.15) is 121 Å². The number of thiazole rings is 1. The standard InChI is InChI=1S/C34H59N5O7S/c1-8-11-12-14-19-39(32(42)29(24(6)9-2)37-30(41)26-16-13-15-18-38(26)7)27(23(4)5)21-28(46-34(44)35-17-20-40)31-36-25(22-47-31)33(43)45-10-3/h22-24,26-29,40H,8-21H2,1-7H3,(H,35,44)(H,37,41)/t24-,26+,27+,28+,29-/m0/s1. The third-order valence-corrected chi connectivity index (χ3v) is 9.86. The van der Waals surface area contributed by atoms with Crippen molar-refractivity contribution < 1.29 is 33.8 Å². The molecule has 1 aromatic rings. The van der Waals surface area contributed by atoms with Gasteiger partial charge < -0.3 is 30.1 Å². The van der Waals surface area contributed by atoms with Gasteiger partial charge in [-0.25, -0.2) is 14.6 Å². The van der Waals surface area contributed by atoms with Gasteiger partial charge in [-0.05, 0) is 51.6 Å². The van der Waals surface area contributed by atoms with Crippen LogP contribution in [0.15, 0.2) is 5.38 Å². The number of carbonyl (C=O) groups is 4. The Hall–Kier alpha value is -2.77. The van der Waals surface area contributed by atoms with Crippen molar-refractivity contribution >= 4 is 35.2 Å². The number of likely N-dealkylation sites (N-methyl/N-ethyl adjacent to an activating group) is 1. The summed E-state index contributed by atoms with van der Waals surface area (Å²) in [6, 6.07) is -1.36. The number of alkyl carbamates (subject to hydrolysis) is 1. The predicted molar refractivity (Wildman–Crippen MR) is 183 cm³/mol. The van der Waals surface area contributed by atoms with Crippen LogP contribution in [-0.2, 0) is 19.1 Å². The fourth-order valence-electron chi connectivity index (χ4n) is 5.91. The fraction of sp³-hybridized carbons (Fsp3) is 0.794. The minimum absolute atomic E-state index is 0.0135. The lowest BCUT2D eigenvalue weighted by atomic mass is 9.91. The molecule has 1 saturated heterocycles. The van der Waals surface area contributed by atoms with E-state index in [-0.39, 0.29) is 67.6 Å². The first-order valence-electron chi connectivity index (χ1n) is 17.5. The molecule has 2 heterocycles. The van der Waals surface area contributed by atoms with Gasteiger partial charge in [0.2, 0.25) is 11.8 Å². The first-order valence-corrected chi connectivity index (χ1v) is 18.4. The van der Waals surface area contributed by atoms with Crippen LogP contribution >= 0.6 is 11.3 Å². The molecule has 268 valence electrons. The van der Waals surface area contributed by atoms with E-state index >= 15 is 0 Å². The molecule has 0 saturated carbocycles. The molecule has 3 N–H and O–H groups in total. The zero-order valence-electron chi connectivity index (χ0n) is 29.6. The maximum atomic E-state index is 14.7. The topological polar surface area (TPSA) is 150 Å². The summed E-state index contributed by atoms with van der Waals surface area (Å²) < 4.78 is 11.0. The van der Waals surface area contributed by atoms with Crippen molar-refractivity contribution in [2.75, 3.05) is 39.9 Å². The highest BCUT2D eigenvalue weighted by Gasteiger charge is 2.38. The minimum atomic E-state index is -0.882. The number of esters is 1. The third-order valence-electron chi connectivity index (χ3n) is 8.92. The maximum absolute atomic E-state index is 14.7. The summed E-state index contributed by atoms with van der Waals surface area (Å²) in [6.07, 6.45) is 5.95. The van der Waals surface area contributed by atoms with E-state index in [1.165, 1.54) is 11.3 Å². The van der Waals surface area contributed by atoms with Gasteiger partial charge in [0.25, 0.3) is 0 Å². The highest BCUT2D eigenvalue weighted by atomic mass is 32.1. The Morgan fingerprint density at radius 1 is 1.13 bits per heavy atom. The van der Waals surface area contributed by atoms with Gasteiger partial charge >= 0.3 is 12.1 Å². The van der Waals surface area contributed by atoms with Crippen molar-refractivity contribution in [2.45, 2.75) is 124 Å². The summed E-state index contributed by atoms with van der Waals surface area (Å²) in [5.41, 5.74) is 0.122. The van der Waals surface area contributed by atoms with E-state index in [0.717, 1.165) is 51.5 Å². The average Bonchev–Trinajstić information content (AvgIpc) is 3.55. The van der Waals surface area contributed by atoms with Crippen LogP contribution in [0.2, 0.25) is 0 Å². The number of piperidine rings is 1. The van der Waals surface area contributed by atoms with Crippen molar-refractivity contribution in [3.63, 3.8) is 0 Å². The average molecular weight is 682 g/mol. The van der Waals surface area contributed by atoms with E-state index in [4.69, 9.17) is 9.47 Å². The molecule has 5 atom stereocenters. The lowest BCUT2D eigenvalue weighted by Gasteiger charge is -2.40. The minimum Gasteiger partial charge on any atom is -0.461 e. The van der Waals surface area contributed by atoms with Crippen LogP contribution in [0, 0.1) is 11.8 Å². The summed E-state index contributed by atoms with van der Waals surface area (Å²) in [6.45, 7) is 13.2. The summed E-state index contributed by atoms with van der Waals surface area (Å²) in [5, 5.41) is 16.9. The highest BCUT2D eigenvalue weighted by molar-refractivity contribution is 7.09. The molecule has 2 rings (SSSR count). The molecule has 0 spiro atoms. The molecule has 1 aliphatic heterocycles. The SMILES string of the molecule is CCCCCCN(C(=O)[C@@H](NC(=O)[C@H]1CCCCN1C)[C@@H](C)CC)[C@H](C[C@@H](OC(=O)NCCO)c1nc(C(=O)OCC)cs1)C(C)C. The van der Waals surface area contributed by atoms with E-state index in [1.807, 2.05) is 39.6 Å². The number of hydrogen-bond acceptors (Lipinski definition) is 10. The molecule has 47 heavy (non-hydrogen) atoms. The zero-order valence-corrected chi connectivity index (χ0v) is 30.4. The Bertz CT molecular complexity index is 1120. The number of amides is 3. The number of unbranched alkanes of at least 4 members (excludes halogenated alkanes) is 3. The van der Waals surface area contributed by atoms with Gasteiger partial charge in [0.15, 0.2) is 11.8 Å². The highest BCUT2D eigenvalue weighted by Crippen LogP contribution is 2.32. The Morgan fingerprint density at radius 3 is 2.49 bits per heavy atom. The van der Waals surface area contributed by atoms with Crippen molar-refractivity contribution in [1.82, 2.24) is 25.4 Å². The number of nitrogens with zero attached hydrogens (tertiary/aromatic N) is 3. The van der Waals surface area contributed by atoms with Crippen molar-refractivity contribution in [3.05, 3.63) is 16.1 Å². The second-order valence-electron chi connectivity index (χ2n) is 12.8. The van der Waals surface area contributed by atoms with Crippen LogP contribution < -0.4 is 10.6 Å². The number of ether oxygens (including phenoxy) is 2. The van der Waals surface area contributed by atoms with Gasteiger partial charge in [0, 0.05) is 30.9 Å². The summed E-state index contributed by atoms with van der Waals surface area (Å²) in [4.78, 5) is 61.9. The van der Waals surface area contributed by atoms with Gasteiger partial charge in [-0.2, -0.15) is 0 Å². The van der Waals surface area contributed by atoms with Crippen molar-refractivity contribution in [2.24, 2.45) is 11.8 Å². The number of rotatable bonds is 20. The van der Waals surface area contributed by atoms with Gasteiger partial charge in [0.05, 0.1) is 19.3 Å². The second-order valence-corrected chi connectivity index (χ2v) is 13.7. The number of aliphatic hydroxyl groups is 1. The molecule has 0 unspecified atom stereocenters. The largest absolute Gasteiger partial charge is 0.461 e. The maximum Gasteiger partial charge on any atom is 0.407 e. The first kappa shape index (κ1) is 40.4. The predicted octanol–water partition coefficient (Wildman–Crippen LogP) is 4.92. The van der Waals surface area contributed by atoms with Crippen LogP contribution in [0.5, 0.6) is 0 Å². The molecule has 0 radical (unpaired) electrons. The Labute approximate surface area is 285 Å². The Morgan fingerprint density at radius 2 is 1.87 bits per heavy atom. The molecule has 0 bridgehead atoms. The number of nitrogens with one attached hydrogen (secondary N) is 2. The van der Waals surface area contributed by atoms with E-state index in [0.29, 0.717) is 18.0 Å². The number of aromatic nitrogens is 1. The molecule has 12 nitrogen and oxygen atoms in total. The van der Waals surface area contributed by atoms with Gasteiger partial charge in [-0.3, -0.25) is 14.5 Å². The molecule has 1 aromatic heterocycles. The monoisotopic (exact) mass is 681 g/mol. The van der Waals surface area contributed by atoms with E-state index in [1.54, 1.807) is 12.3 Å². The summed E-state index contributed by atoms with van der Waals surface area (Å²) in [5.74, 6) is -0.972. The zero-order chi connectivity index (χ0) is 34.9. The number of hydrogen-bond donors (Lipinski definition) is 3. The molecule has 1 fully saturated rings. The molecular formula is C34H59N5O7S. The van der Waals surface area contributed by atoms with Crippen LogP contribution in [-0.4, -0.2) is 102 Å². The fourth-order valence-corrected chi connectivity index (χ4v) is 6.74. The third kappa shape index (κ3) is 12.6. The quantitative estimate of drug-likeness (QED) is 0.129. The van der Waals surface area contributed by atoms with E-state index < -0.39 is 24.2 Å². The lowest BCUT2D eigenvalue weighted by molar-refractivity contribution is -0.142. The smallest absolute Gasteiger partial charge is 0.407 e. The van der Waals surface area contributed by atoms with Gasteiger partial charge in [-0.1, -0.05) is 66.7 Å². The van der Waals surface area contributed by atoms with E-state index in [9.17, 15) is 24.3 Å². The second kappa shape index (κ2) is 21.3. The summed E-state index contributed by atoms with van der Waals surface area (Å²) >= 11 is 1.18. The number of carbonyl (C=O) groups excluding carboxylic acids is 4. The molecule has 0 aromatic carbocycles. The van der Waals surface area contributed by atoms with Gasteiger partial charge in [0.1, 0.15) is 11.0 Å². The normalized spacial score (nSPS) is 17.8. The first-order chi connectivity index (χ1) is 22.5. The Balaban J connectivity index is 2.48. The van der Waals surface area contributed by atoms with Crippen LogP contribution in [0.25, 0.3) is 0 Å². The van der Waals surface area contributed by atoms with Crippen LogP contribution in [0.3, 0.4) is 0 Å². The Kier molecular flexibility index (Phi) is 18.3. The molecule has 1 aliphatic rings. The molecule has 13 heteroatoms. The van der Waals surface area contributed by atoms with Crippen LogP contribution in [0.4, 0.5) is 4.79 Å². The lowest BCUT2D eigenvalue weighted by Crippen LogP contribution is -2.59. The number of likely N-dealkylation sites (tertiary alicyclic amines) is 1.